The van der Waals surface area contributed by atoms with Crippen molar-refractivity contribution in [2.24, 2.45) is 7.05 Å². The van der Waals surface area contributed by atoms with Gasteiger partial charge in [-0.15, -0.1) is 0 Å². The maximum atomic E-state index is 13.0. The standard InChI is InChI=1S/C21H27N5O3S/c1-25-10-9-17-18(12-25)26(2)23-20(17)30(28,29)24-21(27)22-19-15-7-3-5-13(15)11-14-6-4-8-16(14)19/h11H,3-10,12H2,1-2H3,(H2,22,24,27). The number of amides is 2. The number of fused-ring (bicyclic) bond motifs is 3. The van der Waals surface area contributed by atoms with Gasteiger partial charge >= 0.3 is 6.03 Å². The van der Waals surface area contributed by atoms with Gasteiger partial charge in [-0.3, -0.25) is 4.68 Å². The molecule has 2 N–H and O–H groups in total. The van der Waals surface area contributed by atoms with E-state index in [0.29, 0.717) is 18.5 Å². The van der Waals surface area contributed by atoms with Crippen molar-refractivity contribution in [3.8, 4) is 0 Å². The topological polar surface area (TPSA) is 96.3 Å². The van der Waals surface area contributed by atoms with Crippen LogP contribution in [0.4, 0.5) is 10.5 Å². The number of nitrogens with zero attached hydrogens (tertiary/aromatic N) is 3. The number of hydrogen-bond acceptors (Lipinski definition) is 5. The summed E-state index contributed by atoms with van der Waals surface area (Å²) in [7, 11) is -0.322. The Hall–Kier alpha value is -2.39. The number of hydrogen-bond donors (Lipinski definition) is 2. The lowest BCUT2D eigenvalue weighted by Crippen LogP contribution is -2.36. The molecule has 0 bridgehead atoms. The molecule has 2 amide bonds. The summed E-state index contributed by atoms with van der Waals surface area (Å²) in [5.74, 6) is 0. The number of carbonyl (C=O) groups excluding carboxylic acids is 1. The summed E-state index contributed by atoms with van der Waals surface area (Å²) in [4.78, 5) is 14.9. The number of urea groups is 1. The fourth-order valence-electron chi connectivity index (χ4n) is 5.15. The van der Waals surface area contributed by atoms with Crippen LogP contribution in [-0.2, 0) is 55.7 Å². The highest BCUT2D eigenvalue weighted by Crippen LogP contribution is 2.38. The Kier molecular flexibility index (Phi) is 4.62. The van der Waals surface area contributed by atoms with Gasteiger partial charge in [0.2, 0.25) is 5.03 Å². The van der Waals surface area contributed by atoms with Gasteiger partial charge < -0.3 is 10.2 Å². The van der Waals surface area contributed by atoms with E-state index in [2.05, 4.69) is 26.1 Å². The number of sulfonamides is 1. The van der Waals surface area contributed by atoms with E-state index in [1.54, 1.807) is 11.7 Å². The zero-order chi connectivity index (χ0) is 21.0. The lowest BCUT2D eigenvalue weighted by Gasteiger charge is -2.23. The van der Waals surface area contributed by atoms with Gasteiger partial charge in [0.15, 0.2) is 0 Å². The van der Waals surface area contributed by atoms with Crippen molar-refractivity contribution < 1.29 is 13.2 Å². The molecule has 8 nitrogen and oxygen atoms in total. The molecule has 2 aliphatic carbocycles. The van der Waals surface area contributed by atoms with Crippen LogP contribution in [0.5, 0.6) is 0 Å². The van der Waals surface area contributed by atoms with Crippen molar-refractivity contribution in [1.82, 2.24) is 19.4 Å². The van der Waals surface area contributed by atoms with E-state index in [4.69, 9.17) is 0 Å². The molecule has 30 heavy (non-hydrogen) atoms. The first-order valence-corrected chi connectivity index (χ1v) is 12.1. The van der Waals surface area contributed by atoms with Crippen LogP contribution in [0, 0.1) is 0 Å². The molecule has 0 atom stereocenters. The summed E-state index contributed by atoms with van der Waals surface area (Å²) < 4.78 is 29.8. The maximum absolute atomic E-state index is 13.0. The molecule has 5 rings (SSSR count). The molecule has 1 aliphatic heterocycles. The van der Waals surface area contributed by atoms with E-state index in [9.17, 15) is 13.2 Å². The second-order valence-electron chi connectivity index (χ2n) is 8.64. The first kappa shape index (κ1) is 19.6. The van der Waals surface area contributed by atoms with Gasteiger partial charge in [-0.1, -0.05) is 6.07 Å². The first-order valence-electron chi connectivity index (χ1n) is 10.6. The molecule has 1 aromatic carbocycles. The summed E-state index contributed by atoms with van der Waals surface area (Å²) in [6.45, 7) is 1.40. The Bertz CT molecular complexity index is 1120. The summed E-state index contributed by atoms with van der Waals surface area (Å²) in [5, 5.41) is 7.09. The second kappa shape index (κ2) is 7.09. The second-order valence-corrected chi connectivity index (χ2v) is 10.2. The first-order chi connectivity index (χ1) is 14.3. The maximum Gasteiger partial charge on any atom is 0.333 e. The summed E-state index contributed by atoms with van der Waals surface area (Å²) in [5.41, 5.74) is 7.33. The van der Waals surface area contributed by atoms with Gasteiger partial charge in [0.25, 0.3) is 10.0 Å². The molecular formula is C21H27N5O3S. The molecule has 9 heteroatoms. The van der Waals surface area contributed by atoms with Gasteiger partial charge in [-0.25, -0.2) is 9.52 Å². The molecule has 1 aromatic heterocycles. The summed E-state index contributed by atoms with van der Waals surface area (Å²) in [6, 6.07) is 1.57. The molecule has 0 spiro atoms. The quantitative estimate of drug-likeness (QED) is 0.777. The van der Waals surface area contributed by atoms with Gasteiger partial charge in [-0.05, 0) is 74.2 Å². The number of likely N-dealkylation sites (N-methyl/N-ethyl adjacent to an activating group) is 1. The Morgan fingerprint density at radius 1 is 1.00 bits per heavy atom. The molecular weight excluding hydrogens is 402 g/mol. The summed E-state index contributed by atoms with van der Waals surface area (Å²) >= 11 is 0. The van der Waals surface area contributed by atoms with Crippen LogP contribution in [-0.4, -0.2) is 42.7 Å². The zero-order valence-electron chi connectivity index (χ0n) is 17.4. The van der Waals surface area contributed by atoms with E-state index in [1.807, 2.05) is 7.05 Å². The largest absolute Gasteiger partial charge is 0.333 e. The highest BCUT2D eigenvalue weighted by atomic mass is 32.2. The zero-order valence-corrected chi connectivity index (χ0v) is 18.2. The Morgan fingerprint density at radius 3 is 2.33 bits per heavy atom. The molecule has 0 fully saturated rings. The van der Waals surface area contributed by atoms with E-state index >= 15 is 0 Å². The van der Waals surface area contributed by atoms with Crippen LogP contribution >= 0.6 is 0 Å². The number of benzene rings is 1. The Balaban J connectivity index is 1.42. The average Bonchev–Trinajstić information content (AvgIpc) is 3.40. The lowest BCUT2D eigenvalue weighted by atomic mass is 9.99. The monoisotopic (exact) mass is 429 g/mol. The van der Waals surface area contributed by atoms with Crippen molar-refractivity contribution in [3.63, 3.8) is 0 Å². The van der Waals surface area contributed by atoms with Crippen molar-refractivity contribution in [1.29, 1.82) is 0 Å². The third-order valence-electron chi connectivity index (χ3n) is 6.59. The molecule has 2 heterocycles. The minimum atomic E-state index is -4.06. The minimum Gasteiger partial charge on any atom is -0.307 e. The molecule has 3 aliphatic rings. The van der Waals surface area contributed by atoms with Gasteiger partial charge in [-0.2, -0.15) is 13.5 Å². The van der Waals surface area contributed by atoms with E-state index in [-0.39, 0.29) is 5.03 Å². The lowest BCUT2D eigenvalue weighted by molar-refractivity contribution is 0.256. The normalized spacial score (nSPS) is 18.1. The molecule has 0 saturated heterocycles. The van der Waals surface area contributed by atoms with E-state index in [1.165, 1.54) is 22.3 Å². The number of aromatic nitrogens is 2. The third kappa shape index (κ3) is 3.20. The Labute approximate surface area is 176 Å². The molecule has 2 aromatic rings. The predicted molar refractivity (Wildman–Crippen MR) is 113 cm³/mol. The predicted octanol–water partition coefficient (Wildman–Crippen LogP) is 1.90. The number of aryl methyl sites for hydroxylation is 3. The average molecular weight is 430 g/mol. The Morgan fingerprint density at radius 2 is 1.67 bits per heavy atom. The van der Waals surface area contributed by atoms with Crippen molar-refractivity contribution in [3.05, 3.63) is 39.6 Å². The molecule has 0 radical (unpaired) electrons. The molecule has 0 saturated carbocycles. The number of anilines is 1. The van der Waals surface area contributed by atoms with Crippen LogP contribution in [0.15, 0.2) is 11.1 Å². The highest BCUT2D eigenvalue weighted by molar-refractivity contribution is 7.90. The van der Waals surface area contributed by atoms with Gasteiger partial charge in [0.1, 0.15) is 0 Å². The summed E-state index contributed by atoms with van der Waals surface area (Å²) in [6.07, 6.45) is 6.62. The fraction of sp³-hybridized carbons (Fsp3) is 0.524. The number of rotatable bonds is 3. The van der Waals surface area contributed by atoms with Crippen molar-refractivity contribution in [2.75, 3.05) is 18.9 Å². The van der Waals surface area contributed by atoms with E-state index < -0.39 is 16.1 Å². The van der Waals surface area contributed by atoms with E-state index in [0.717, 1.165) is 56.5 Å². The van der Waals surface area contributed by atoms with Gasteiger partial charge in [0.05, 0.1) is 5.69 Å². The molecule has 0 unspecified atom stereocenters. The SMILES string of the molecule is CN1CCc2c(S(=O)(=O)NC(=O)Nc3c4c(cc5c3CCC5)CCC4)nn(C)c2C1. The van der Waals surface area contributed by atoms with Gasteiger partial charge in [0, 0.05) is 31.4 Å². The van der Waals surface area contributed by atoms with Crippen LogP contribution in [0.1, 0.15) is 46.4 Å². The third-order valence-corrected chi connectivity index (χ3v) is 7.89. The van der Waals surface area contributed by atoms with Crippen molar-refractivity contribution >= 4 is 21.7 Å². The smallest absolute Gasteiger partial charge is 0.307 e. The van der Waals surface area contributed by atoms with Crippen LogP contribution in [0.25, 0.3) is 0 Å². The number of nitrogens with one attached hydrogen (secondary N) is 2. The van der Waals surface area contributed by atoms with Crippen LogP contribution < -0.4 is 10.0 Å². The van der Waals surface area contributed by atoms with Crippen molar-refractivity contribution in [2.45, 2.75) is 56.5 Å². The minimum absolute atomic E-state index is 0.0354. The van der Waals surface area contributed by atoms with Crippen LogP contribution in [0.2, 0.25) is 0 Å². The highest BCUT2D eigenvalue weighted by Gasteiger charge is 2.31. The molecule has 160 valence electrons. The number of carbonyl (C=O) groups is 1. The fourth-order valence-corrected chi connectivity index (χ4v) is 6.32. The van der Waals surface area contributed by atoms with Crippen LogP contribution in [0.3, 0.4) is 0 Å².